The summed E-state index contributed by atoms with van der Waals surface area (Å²) in [6, 6.07) is 19.6. The van der Waals surface area contributed by atoms with Gasteiger partial charge in [-0.25, -0.2) is 9.97 Å². The number of nitrogens with one attached hydrogen (secondary N) is 2. The van der Waals surface area contributed by atoms with E-state index < -0.39 is 23.4 Å². The number of carbonyl (C=O) groups is 2. The molecule has 11 heteroatoms. The van der Waals surface area contributed by atoms with Crippen LogP contribution in [0.3, 0.4) is 0 Å². The highest BCUT2D eigenvalue weighted by Crippen LogP contribution is 2.57. The summed E-state index contributed by atoms with van der Waals surface area (Å²) in [7, 11) is 0. The van der Waals surface area contributed by atoms with Gasteiger partial charge in [-0.1, -0.05) is 48.0 Å². The Morgan fingerprint density at radius 2 is 1.73 bits per heavy atom. The first-order valence-electron chi connectivity index (χ1n) is 13.2. The molecule has 0 atom stereocenters. The third kappa shape index (κ3) is 5.19. The van der Waals surface area contributed by atoms with Gasteiger partial charge in [0.25, 0.3) is 5.91 Å². The van der Waals surface area contributed by atoms with Crippen molar-refractivity contribution in [2.24, 2.45) is 5.41 Å². The molecule has 1 saturated carbocycles. The lowest BCUT2D eigenvalue weighted by Gasteiger charge is -2.33. The highest BCUT2D eigenvalue weighted by molar-refractivity contribution is 6.34. The fourth-order valence-corrected chi connectivity index (χ4v) is 5.05. The van der Waals surface area contributed by atoms with Crippen LogP contribution in [-0.2, 0) is 11.3 Å². The van der Waals surface area contributed by atoms with Crippen LogP contribution in [-0.4, -0.2) is 41.0 Å². The van der Waals surface area contributed by atoms with E-state index in [0.717, 1.165) is 36.3 Å². The van der Waals surface area contributed by atoms with Gasteiger partial charge in [0.1, 0.15) is 11.2 Å². The summed E-state index contributed by atoms with van der Waals surface area (Å²) < 4.78 is 39.7. The topological polar surface area (TPSA) is 87.2 Å². The highest BCUT2D eigenvalue weighted by Gasteiger charge is 2.68. The molecule has 1 aromatic heterocycles. The molecule has 2 heterocycles. The molecule has 2 amide bonds. The minimum absolute atomic E-state index is 0.129. The summed E-state index contributed by atoms with van der Waals surface area (Å²) in [5, 5.41) is 6.23. The summed E-state index contributed by atoms with van der Waals surface area (Å²) in [5.41, 5.74) is 0.303. The van der Waals surface area contributed by atoms with Gasteiger partial charge < -0.3 is 15.5 Å². The van der Waals surface area contributed by atoms with Crippen LogP contribution in [0.2, 0.25) is 5.02 Å². The van der Waals surface area contributed by atoms with E-state index in [9.17, 15) is 22.8 Å². The summed E-state index contributed by atoms with van der Waals surface area (Å²) in [4.78, 5) is 37.2. The van der Waals surface area contributed by atoms with E-state index in [2.05, 4.69) is 15.5 Å². The second kappa shape index (κ2) is 10.3. The van der Waals surface area contributed by atoms with Gasteiger partial charge in [0.15, 0.2) is 5.82 Å². The van der Waals surface area contributed by atoms with Crippen molar-refractivity contribution in [2.45, 2.75) is 32.0 Å². The second-order valence-electron chi connectivity index (χ2n) is 10.3. The molecule has 6 rings (SSSR count). The number of nitrogens with zero attached hydrogens (tertiary/aromatic N) is 3. The van der Waals surface area contributed by atoms with Crippen LogP contribution in [0.5, 0.6) is 0 Å². The Labute approximate surface area is 238 Å². The van der Waals surface area contributed by atoms with Gasteiger partial charge >= 0.3 is 6.18 Å². The van der Waals surface area contributed by atoms with Crippen LogP contribution in [0.25, 0.3) is 22.3 Å². The van der Waals surface area contributed by atoms with E-state index >= 15 is 0 Å². The van der Waals surface area contributed by atoms with Crippen LogP contribution in [0.4, 0.5) is 24.7 Å². The number of hydrogen-bond donors (Lipinski definition) is 2. The van der Waals surface area contributed by atoms with Crippen molar-refractivity contribution in [2.75, 3.05) is 23.3 Å². The predicted octanol–water partition coefficient (Wildman–Crippen LogP) is 6.37. The number of aromatic nitrogens is 2. The molecule has 4 aromatic rings. The lowest BCUT2D eigenvalue weighted by molar-refractivity contribution is -0.192. The molecule has 7 nitrogen and oxygen atoms in total. The van der Waals surface area contributed by atoms with Gasteiger partial charge in [0.05, 0.1) is 16.1 Å². The number of halogens is 4. The van der Waals surface area contributed by atoms with Gasteiger partial charge in [-0.2, -0.15) is 13.2 Å². The lowest BCUT2D eigenvalue weighted by Crippen LogP contribution is -2.40. The van der Waals surface area contributed by atoms with E-state index in [4.69, 9.17) is 21.6 Å². The average molecular weight is 580 g/mol. The Bertz CT molecular complexity index is 1650. The quantitative estimate of drug-likeness (QED) is 0.266. The van der Waals surface area contributed by atoms with Crippen LogP contribution in [0.15, 0.2) is 66.7 Å². The van der Waals surface area contributed by atoms with Crippen LogP contribution in [0.1, 0.15) is 35.2 Å². The fraction of sp³-hybridized carbons (Fsp3) is 0.267. The summed E-state index contributed by atoms with van der Waals surface area (Å²) in [6.07, 6.45) is -3.95. The van der Waals surface area contributed by atoms with E-state index in [-0.39, 0.29) is 30.0 Å². The van der Waals surface area contributed by atoms with E-state index in [0.29, 0.717) is 22.6 Å². The second-order valence-corrected chi connectivity index (χ2v) is 10.7. The van der Waals surface area contributed by atoms with Gasteiger partial charge in [-0.05, 0) is 55.2 Å². The van der Waals surface area contributed by atoms with Crippen molar-refractivity contribution in [3.8, 4) is 11.4 Å². The molecule has 210 valence electrons. The van der Waals surface area contributed by atoms with Crippen LogP contribution >= 0.6 is 11.6 Å². The molecule has 0 bridgehead atoms. The number of hydrogen-bond acceptors (Lipinski definition) is 5. The first kappa shape index (κ1) is 27.0. The number of carbonyl (C=O) groups excluding carboxylic acids is 2. The largest absolute Gasteiger partial charge is 0.403 e. The number of benzene rings is 3. The Kier molecular flexibility index (Phi) is 6.81. The van der Waals surface area contributed by atoms with E-state index in [1.807, 2.05) is 36.4 Å². The molecule has 2 aliphatic rings. The minimum Gasteiger partial charge on any atom is -0.356 e. The summed E-state index contributed by atoms with van der Waals surface area (Å²) >= 11 is 6.30. The third-order valence-corrected chi connectivity index (χ3v) is 7.91. The number of alkyl halides is 3. The average Bonchev–Trinajstić information content (AvgIpc) is 3.74. The Balaban J connectivity index is 1.23. The van der Waals surface area contributed by atoms with Crippen molar-refractivity contribution >= 4 is 45.8 Å². The summed E-state index contributed by atoms with van der Waals surface area (Å²) in [6.45, 7) is 1.65. The smallest absolute Gasteiger partial charge is 0.356 e. The Morgan fingerprint density at radius 3 is 2.39 bits per heavy atom. The van der Waals surface area contributed by atoms with Crippen molar-refractivity contribution in [1.29, 1.82) is 0 Å². The third-order valence-electron chi connectivity index (χ3n) is 7.58. The Hall–Kier alpha value is -4.18. The van der Waals surface area contributed by atoms with Gasteiger partial charge in [0.2, 0.25) is 5.91 Å². The van der Waals surface area contributed by atoms with Crippen molar-refractivity contribution in [3.05, 3.63) is 82.9 Å². The molecule has 0 unspecified atom stereocenters. The molecule has 2 N–H and O–H groups in total. The SMILES string of the molecule is O=C(Nc1ccc2c(N3CCC3)nc(-c3ccccc3)nc2c1)c1cc(CNC(=O)C2(C(F)(F)F)CC2)ccc1Cl. The molecule has 0 radical (unpaired) electrons. The molecule has 0 spiro atoms. The van der Waals surface area contributed by atoms with Crippen LogP contribution in [0, 0.1) is 5.41 Å². The fourth-order valence-electron chi connectivity index (χ4n) is 4.85. The molecule has 1 aliphatic carbocycles. The zero-order chi connectivity index (χ0) is 28.8. The van der Waals surface area contributed by atoms with Crippen molar-refractivity contribution in [3.63, 3.8) is 0 Å². The van der Waals surface area contributed by atoms with E-state index in [1.54, 1.807) is 18.2 Å². The monoisotopic (exact) mass is 579 g/mol. The molecular formula is C30H25ClF3N5O2. The minimum atomic E-state index is -4.59. The molecule has 1 aliphatic heterocycles. The maximum absolute atomic E-state index is 13.2. The lowest BCUT2D eigenvalue weighted by atomic mass is 10.1. The van der Waals surface area contributed by atoms with Crippen molar-refractivity contribution in [1.82, 2.24) is 15.3 Å². The zero-order valence-corrected chi connectivity index (χ0v) is 22.5. The molecule has 41 heavy (non-hydrogen) atoms. The summed E-state index contributed by atoms with van der Waals surface area (Å²) in [5.74, 6) is -0.137. The number of fused-ring (bicyclic) bond motifs is 1. The number of rotatable bonds is 7. The van der Waals surface area contributed by atoms with E-state index in [1.165, 1.54) is 12.1 Å². The molecule has 3 aromatic carbocycles. The Morgan fingerprint density at radius 1 is 0.976 bits per heavy atom. The van der Waals surface area contributed by atoms with Crippen LogP contribution < -0.4 is 15.5 Å². The normalized spacial score (nSPS) is 15.8. The molecule has 2 fully saturated rings. The number of anilines is 2. The van der Waals surface area contributed by atoms with Crippen molar-refractivity contribution < 1.29 is 22.8 Å². The van der Waals surface area contributed by atoms with Gasteiger partial charge in [-0.3, -0.25) is 9.59 Å². The maximum Gasteiger partial charge on any atom is 0.403 e. The predicted molar refractivity (Wildman–Crippen MR) is 151 cm³/mol. The maximum atomic E-state index is 13.2. The number of amides is 2. The zero-order valence-electron chi connectivity index (χ0n) is 21.8. The highest BCUT2D eigenvalue weighted by atomic mass is 35.5. The first-order valence-corrected chi connectivity index (χ1v) is 13.6. The first-order chi connectivity index (χ1) is 19.6. The van der Waals surface area contributed by atoms with Gasteiger partial charge in [-0.15, -0.1) is 0 Å². The standard InChI is InChI=1S/C30H25ClF3N5O2/c31-23-10-7-18(17-35-28(41)29(11-12-29)30(32,33)34)15-22(23)27(40)36-20-8-9-21-24(16-20)37-25(19-5-2-1-3-6-19)38-26(21)39-13-4-14-39/h1-3,5-10,15-16H,4,11-14,17H2,(H,35,41)(H,36,40). The van der Waals surface area contributed by atoms with Gasteiger partial charge in [0, 0.05) is 36.3 Å². The molecular weight excluding hydrogens is 555 g/mol. The molecule has 1 saturated heterocycles.